The number of hydrogen-bond acceptors (Lipinski definition) is 16. The van der Waals surface area contributed by atoms with Crippen LogP contribution in [0.5, 0.6) is 0 Å². The van der Waals surface area contributed by atoms with E-state index in [-0.39, 0.29) is 0 Å². The average molecular weight is 506 g/mol. The van der Waals surface area contributed by atoms with Gasteiger partial charge >= 0.3 is 0 Å². The minimum absolute atomic E-state index is 0.845. The molecule has 2 heterocycles. The first-order valence-electron chi connectivity index (χ1n) is 10.5. The zero-order valence-electron chi connectivity index (χ0n) is 17.8. The maximum atomic E-state index is 10.7. The lowest BCUT2D eigenvalue weighted by Gasteiger charge is -2.47. The molecule has 0 aromatic carbocycles. The number of aliphatic hydroxyl groups is 13. The molecule has 13 N–H and O–H groups in total. The molecule has 16 heteroatoms. The van der Waals surface area contributed by atoms with Crippen molar-refractivity contribution in [2.75, 3.05) is 19.8 Å². The van der Waals surface area contributed by atoms with Crippen molar-refractivity contribution in [3.63, 3.8) is 0 Å². The first kappa shape index (κ1) is 29.6. The SMILES string of the molecule is OC[C@@H](O)[C@@H](O)[C@H](O)[C@@H](O)C(OC1O[C@H](CO)[C@@H](O)[C@H](O)[C@H]1O)C1O[C@H](CO)[C@@H](O)[C@H](O)[C@H]1O. The summed E-state index contributed by atoms with van der Waals surface area (Å²) in [6.07, 6.45) is -29.1. The van der Waals surface area contributed by atoms with Gasteiger partial charge in [-0.1, -0.05) is 0 Å². The molecular weight excluding hydrogens is 472 g/mol. The van der Waals surface area contributed by atoms with E-state index in [9.17, 15) is 61.3 Å². The lowest BCUT2D eigenvalue weighted by molar-refractivity contribution is -0.344. The Hall–Kier alpha value is -0.640. The average Bonchev–Trinajstić information content (AvgIpc) is 2.84. The van der Waals surface area contributed by atoms with Crippen molar-refractivity contribution in [1.29, 1.82) is 0 Å². The van der Waals surface area contributed by atoms with Crippen LogP contribution in [0.2, 0.25) is 0 Å². The van der Waals surface area contributed by atoms with Gasteiger partial charge in [0.2, 0.25) is 0 Å². The molecule has 0 amide bonds. The van der Waals surface area contributed by atoms with Crippen LogP contribution in [0.25, 0.3) is 0 Å². The van der Waals surface area contributed by atoms with Crippen molar-refractivity contribution in [1.82, 2.24) is 0 Å². The van der Waals surface area contributed by atoms with Crippen LogP contribution in [-0.2, 0) is 14.2 Å². The molecule has 2 aliphatic rings. The molecule has 0 radical (unpaired) electrons. The molecule has 202 valence electrons. The molecule has 3 unspecified atom stereocenters. The monoisotopic (exact) mass is 506 g/mol. The van der Waals surface area contributed by atoms with Crippen LogP contribution >= 0.6 is 0 Å². The third-order valence-corrected chi connectivity index (χ3v) is 6.01. The third kappa shape index (κ3) is 6.01. The van der Waals surface area contributed by atoms with E-state index < -0.39 is 112 Å². The molecule has 2 fully saturated rings. The molecule has 15 atom stereocenters. The summed E-state index contributed by atoms with van der Waals surface area (Å²) in [7, 11) is 0. The molecule has 34 heavy (non-hydrogen) atoms. The van der Waals surface area contributed by atoms with E-state index in [1.54, 1.807) is 0 Å². The van der Waals surface area contributed by atoms with E-state index in [0.29, 0.717) is 0 Å². The second-order valence-corrected chi connectivity index (χ2v) is 8.31. The van der Waals surface area contributed by atoms with Crippen molar-refractivity contribution in [3.8, 4) is 0 Å². The van der Waals surface area contributed by atoms with Crippen LogP contribution in [0.4, 0.5) is 0 Å². The Balaban J connectivity index is 2.39. The number of ether oxygens (including phenoxy) is 3. The summed E-state index contributed by atoms with van der Waals surface area (Å²) >= 11 is 0. The fourth-order valence-electron chi connectivity index (χ4n) is 3.82. The summed E-state index contributed by atoms with van der Waals surface area (Å²) in [4.78, 5) is 0. The van der Waals surface area contributed by atoms with Gasteiger partial charge < -0.3 is 80.6 Å². The van der Waals surface area contributed by atoms with Gasteiger partial charge in [0, 0.05) is 0 Å². The molecule has 0 saturated carbocycles. The standard InChI is InChI=1S/C18H34O16/c19-1-4(22)7(23)10(26)13(29)17(16-14(30)11(27)8(24)5(2-20)32-16)34-18-15(31)12(28)9(25)6(3-21)33-18/h4-31H,1-3H2/t4-,5-,6-,7-,8-,9-,10+,11+,12+,13-,14-,15-,16?,17?,18?/m1/s1. The fourth-order valence-corrected chi connectivity index (χ4v) is 3.82. The Labute approximate surface area is 193 Å². The Kier molecular flexibility index (Phi) is 10.9. The van der Waals surface area contributed by atoms with Crippen LogP contribution in [-0.4, -0.2) is 178 Å². The molecule has 16 nitrogen and oxygen atoms in total. The second kappa shape index (κ2) is 12.5. The largest absolute Gasteiger partial charge is 0.394 e. The summed E-state index contributed by atoms with van der Waals surface area (Å²) in [5, 5.41) is 129. The van der Waals surface area contributed by atoms with Crippen LogP contribution < -0.4 is 0 Å². The van der Waals surface area contributed by atoms with Gasteiger partial charge in [0.05, 0.1) is 19.8 Å². The van der Waals surface area contributed by atoms with Crippen molar-refractivity contribution in [2.45, 2.75) is 91.7 Å². The Morgan fingerprint density at radius 1 is 0.588 bits per heavy atom. The highest BCUT2D eigenvalue weighted by molar-refractivity contribution is 5.00. The molecule has 0 bridgehead atoms. The zero-order valence-corrected chi connectivity index (χ0v) is 17.8. The van der Waals surface area contributed by atoms with Crippen molar-refractivity contribution in [3.05, 3.63) is 0 Å². The topological polar surface area (TPSA) is 291 Å². The molecule has 0 aliphatic carbocycles. The second-order valence-electron chi connectivity index (χ2n) is 8.31. The summed E-state index contributed by atoms with van der Waals surface area (Å²) in [5.41, 5.74) is 0. The van der Waals surface area contributed by atoms with E-state index in [1.807, 2.05) is 0 Å². The zero-order chi connectivity index (χ0) is 25.9. The van der Waals surface area contributed by atoms with Gasteiger partial charge in [-0.05, 0) is 0 Å². The van der Waals surface area contributed by atoms with Gasteiger partial charge in [0.25, 0.3) is 0 Å². The number of rotatable bonds is 10. The molecule has 2 rings (SSSR count). The van der Waals surface area contributed by atoms with E-state index in [1.165, 1.54) is 0 Å². The van der Waals surface area contributed by atoms with Gasteiger partial charge in [-0.2, -0.15) is 0 Å². The predicted octanol–water partition coefficient (Wildman–Crippen LogP) is -8.55. The number of aliphatic hydroxyl groups excluding tert-OH is 13. The molecule has 2 saturated heterocycles. The summed E-state index contributed by atoms with van der Waals surface area (Å²) in [6.45, 7) is -2.75. The molecular formula is C18H34O16. The summed E-state index contributed by atoms with van der Waals surface area (Å²) in [5.74, 6) is 0. The van der Waals surface area contributed by atoms with E-state index in [0.717, 1.165) is 0 Å². The fraction of sp³-hybridized carbons (Fsp3) is 1.00. The molecule has 0 aromatic rings. The lowest BCUT2D eigenvalue weighted by atomic mass is 9.87. The van der Waals surface area contributed by atoms with Crippen LogP contribution in [0.3, 0.4) is 0 Å². The highest BCUT2D eigenvalue weighted by Gasteiger charge is 2.53. The normalized spacial score (nSPS) is 43.7. The lowest BCUT2D eigenvalue weighted by Crippen LogP contribution is -2.67. The van der Waals surface area contributed by atoms with E-state index in [2.05, 4.69) is 0 Å². The van der Waals surface area contributed by atoms with Gasteiger partial charge in [-0.15, -0.1) is 0 Å². The van der Waals surface area contributed by atoms with Gasteiger partial charge in [-0.25, -0.2) is 0 Å². The minimum atomic E-state index is -2.31. The highest BCUT2D eigenvalue weighted by Crippen LogP contribution is 2.31. The van der Waals surface area contributed by atoms with Gasteiger partial charge in [0.15, 0.2) is 6.29 Å². The van der Waals surface area contributed by atoms with E-state index >= 15 is 0 Å². The minimum Gasteiger partial charge on any atom is -0.394 e. The van der Waals surface area contributed by atoms with Crippen LogP contribution in [0.15, 0.2) is 0 Å². The highest BCUT2D eigenvalue weighted by atomic mass is 16.7. The maximum absolute atomic E-state index is 10.7. The predicted molar refractivity (Wildman–Crippen MR) is 104 cm³/mol. The van der Waals surface area contributed by atoms with Gasteiger partial charge in [-0.3, -0.25) is 0 Å². The van der Waals surface area contributed by atoms with Crippen molar-refractivity contribution in [2.24, 2.45) is 0 Å². The summed E-state index contributed by atoms with van der Waals surface area (Å²) in [6, 6.07) is 0. The Bertz CT molecular complexity index is 609. The third-order valence-electron chi connectivity index (χ3n) is 6.01. The Morgan fingerprint density at radius 3 is 1.59 bits per heavy atom. The Morgan fingerprint density at radius 2 is 1.09 bits per heavy atom. The molecule has 0 aromatic heterocycles. The maximum Gasteiger partial charge on any atom is 0.187 e. The first-order chi connectivity index (χ1) is 15.9. The molecule has 0 spiro atoms. The summed E-state index contributed by atoms with van der Waals surface area (Å²) < 4.78 is 15.9. The molecule has 2 aliphatic heterocycles. The quantitative estimate of drug-likeness (QED) is 0.131. The number of hydrogen-bond donors (Lipinski definition) is 13. The first-order valence-corrected chi connectivity index (χ1v) is 10.5. The van der Waals surface area contributed by atoms with Gasteiger partial charge in [0.1, 0.15) is 85.5 Å². The van der Waals surface area contributed by atoms with Crippen LogP contribution in [0.1, 0.15) is 0 Å². The van der Waals surface area contributed by atoms with E-state index in [4.69, 9.17) is 19.3 Å². The smallest absolute Gasteiger partial charge is 0.187 e. The van der Waals surface area contributed by atoms with Crippen LogP contribution in [0, 0.1) is 0 Å². The van der Waals surface area contributed by atoms with Crippen molar-refractivity contribution >= 4 is 0 Å². The van der Waals surface area contributed by atoms with Crippen molar-refractivity contribution < 1.29 is 80.6 Å².